The summed E-state index contributed by atoms with van der Waals surface area (Å²) in [7, 11) is 0. The number of alkyl halides is 3. The summed E-state index contributed by atoms with van der Waals surface area (Å²) in [5.41, 5.74) is -0.406. The van der Waals surface area contributed by atoms with Crippen molar-refractivity contribution in [3.05, 3.63) is 29.6 Å². The van der Waals surface area contributed by atoms with Gasteiger partial charge in [0.25, 0.3) is 0 Å². The molecule has 0 bridgehead atoms. The van der Waals surface area contributed by atoms with Crippen LogP contribution < -0.4 is 5.32 Å². The van der Waals surface area contributed by atoms with Crippen LogP contribution in [0.2, 0.25) is 0 Å². The standard InChI is InChI=1S/C15H21F3N2/c1-3-20-13(14(2)7-4-5-8-14)11-10-19-9-6-12(11)15(16,17)18/h6,9-10,13,20H,3-5,7-8H2,1-2H3. The number of rotatable bonds is 4. The van der Waals surface area contributed by atoms with Gasteiger partial charge in [0.05, 0.1) is 5.56 Å². The lowest BCUT2D eigenvalue weighted by atomic mass is 9.76. The molecule has 1 atom stereocenters. The summed E-state index contributed by atoms with van der Waals surface area (Å²) in [5, 5.41) is 3.25. The third-order valence-corrected chi connectivity index (χ3v) is 4.32. The zero-order chi connectivity index (χ0) is 14.8. The first-order chi connectivity index (χ1) is 9.38. The maximum Gasteiger partial charge on any atom is 0.416 e. The highest BCUT2D eigenvalue weighted by Gasteiger charge is 2.42. The second-order valence-corrected chi connectivity index (χ2v) is 5.81. The number of pyridine rings is 1. The number of hydrogen-bond acceptors (Lipinski definition) is 2. The Morgan fingerprint density at radius 2 is 2.00 bits per heavy atom. The number of nitrogens with zero attached hydrogens (tertiary/aromatic N) is 1. The summed E-state index contributed by atoms with van der Waals surface area (Å²) in [6.45, 7) is 4.65. The van der Waals surface area contributed by atoms with E-state index in [2.05, 4.69) is 17.2 Å². The van der Waals surface area contributed by atoms with Crippen LogP contribution in [0.3, 0.4) is 0 Å². The Morgan fingerprint density at radius 3 is 2.55 bits per heavy atom. The molecule has 0 radical (unpaired) electrons. The predicted molar refractivity (Wildman–Crippen MR) is 72.2 cm³/mol. The molecule has 1 N–H and O–H groups in total. The fraction of sp³-hybridized carbons (Fsp3) is 0.667. The average molecular weight is 286 g/mol. The van der Waals surface area contributed by atoms with E-state index in [1.807, 2.05) is 6.92 Å². The Bertz CT molecular complexity index is 451. The van der Waals surface area contributed by atoms with Crippen LogP contribution in [0.5, 0.6) is 0 Å². The smallest absolute Gasteiger partial charge is 0.310 e. The maximum absolute atomic E-state index is 13.2. The van der Waals surface area contributed by atoms with Gasteiger partial charge in [-0.25, -0.2) is 0 Å². The predicted octanol–water partition coefficient (Wildman–Crippen LogP) is 4.33. The van der Waals surface area contributed by atoms with Crippen molar-refractivity contribution in [2.24, 2.45) is 5.41 Å². The van der Waals surface area contributed by atoms with Crippen LogP contribution in [-0.2, 0) is 6.18 Å². The van der Waals surface area contributed by atoms with Gasteiger partial charge in [-0.15, -0.1) is 0 Å². The fourth-order valence-electron chi connectivity index (χ4n) is 3.30. The van der Waals surface area contributed by atoms with Crippen LogP contribution in [0.4, 0.5) is 13.2 Å². The molecule has 1 saturated carbocycles. The molecule has 20 heavy (non-hydrogen) atoms. The molecular formula is C15H21F3N2. The first kappa shape index (κ1) is 15.3. The van der Waals surface area contributed by atoms with E-state index in [1.54, 1.807) is 0 Å². The van der Waals surface area contributed by atoms with E-state index >= 15 is 0 Å². The van der Waals surface area contributed by atoms with Crippen molar-refractivity contribution in [3.8, 4) is 0 Å². The molecule has 1 aromatic heterocycles. The Morgan fingerprint density at radius 1 is 1.35 bits per heavy atom. The summed E-state index contributed by atoms with van der Waals surface area (Å²) >= 11 is 0. The molecule has 0 saturated heterocycles. The van der Waals surface area contributed by atoms with Crippen LogP contribution in [0, 0.1) is 5.41 Å². The molecule has 1 aliphatic rings. The highest BCUT2D eigenvalue weighted by Crippen LogP contribution is 2.49. The van der Waals surface area contributed by atoms with Gasteiger partial charge in [0.2, 0.25) is 0 Å². The van der Waals surface area contributed by atoms with Crippen LogP contribution in [0.15, 0.2) is 18.5 Å². The molecule has 1 heterocycles. The second-order valence-electron chi connectivity index (χ2n) is 5.81. The van der Waals surface area contributed by atoms with Crippen LogP contribution in [0.25, 0.3) is 0 Å². The Balaban J connectivity index is 2.44. The maximum atomic E-state index is 13.2. The van der Waals surface area contributed by atoms with Gasteiger partial charge in [-0.05, 0) is 30.9 Å². The van der Waals surface area contributed by atoms with Gasteiger partial charge in [0.1, 0.15) is 0 Å². The Kier molecular flexibility index (Phi) is 4.37. The fourth-order valence-corrected chi connectivity index (χ4v) is 3.30. The van der Waals surface area contributed by atoms with E-state index in [0.717, 1.165) is 31.7 Å². The third-order valence-electron chi connectivity index (χ3n) is 4.32. The lowest BCUT2D eigenvalue weighted by Crippen LogP contribution is -2.36. The molecule has 2 rings (SSSR count). The van der Waals surface area contributed by atoms with Gasteiger partial charge in [-0.1, -0.05) is 26.7 Å². The molecule has 0 aromatic carbocycles. The first-order valence-electron chi connectivity index (χ1n) is 7.13. The van der Waals surface area contributed by atoms with Gasteiger partial charge < -0.3 is 5.32 Å². The summed E-state index contributed by atoms with van der Waals surface area (Å²) in [6, 6.07) is 0.790. The van der Waals surface area contributed by atoms with Crippen molar-refractivity contribution in [3.63, 3.8) is 0 Å². The summed E-state index contributed by atoms with van der Waals surface area (Å²) in [5.74, 6) is 0. The van der Waals surface area contributed by atoms with E-state index in [9.17, 15) is 13.2 Å². The molecule has 0 aliphatic heterocycles. The molecule has 1 fully saturated rings. The van der Waals surface area contributed by atoms with E-state index in [0.29, 0.717) is 6.54 Å². The van der Waals surface area contributed by atoms with Crippen molar-refractivity contribution in [2.75, 3.05) is 6.54 Å². The van der Waals surface area contributed by atoms with E-state index in [1.165, 1.54) is 12.4 Å². The highest BCUT2D eigenvalue weighted by molar-refractivity contribution is 5.31. The van der Waals surface area contributed by atoms with Gasteiger partial charge in [0.15, 0.2) is 0 Å². The van der Waals surface area contributed by atoms with Crippen molar-refractivity contribution >= 4 is 0 Å². The number of hydrogen-bond donors (Lipinski definition) is 1. The second kappa shape index (κ2) is 5.72. The molecule has 112 valence electrons. The van der Waals surface area contributed by atoms with E-state index in [-0.39, 0.29) is 17.0 Å². The zero-order valence-electron chi connectivity index (χ0n) is 11.9. The highest BCUT2D eigenvalue weighted by atomic mass is 19.4. The zero-order valence-corrected chi connectivity index (χ0v) is 11.9. The molecule has 5 heteroatoms. The van der Waals surface area contributed by atoms with Crippen molar-refractivity contribution in [2.45, 2.75) is 51.7 Å². The Labute approximate surface area is 117 Å². The Hall–Kier alpha value is -1.10. The van der Waals surface area contributed by atoms with Crippen LogP contribution in [0.1, 0.15) is 56.7 Å². The lowest BCUT2D eigenvalue weighted by molar-refractivity contribution is -0.138. The van der Waals surface area contributed by atoms with Crippen LogP contribution in [-0.4, -0.2) is 11.5 Å². The monoisotopic (exact) mass is 286 g/mol. The quantitative estimate of drug-likeness (QED) is 0.891. The molecule has 0 amide bonds. The number of nitrogens with one attached hydrogen (secondary N) is 1. The van der Waals surface area contributed by atoms with Gasteiger partial charge in [-0.2, -0.15) is 13.2 Å². The van der Waals surface area contributed by atoms with Crippen molar-refractivity contribution < 1.29 is 13.2 Å². The van der Waals surface area contributed by atoms with Gasteiger partial charge >= 0.3 is 6.18 Å². The van der Waals surface area contributed by atoms with Crippen molar-refractivity contribution in [1.82, 2.24) is 10.3 Å². The third kappa shape index (κ3) is 2.97. The SMILES string of the molecule is CCNC(c1cnccc1C(F)(F)F)C1(C)CCCC1. The minimum absolute atomic E-state index is 0.126. The molecular weight excluding hydrogens is 265 g/mol. The topological polar surface area (TPSA) is 24.9 Å². The van der Waals surface area contributed by atoms with E-state index < -0.39 is 11.7 Å². The molecule has 1 aromatic rings. The van der Waals surface area contributed by atoms with Crippen molar-refractivity contribution in [1.29, 1.82) is 0 Å². The lowest BCUT2D eigenvalue weighted by Gasteiger charge is -2.36. The average Bonchev–Trinajstić information content (AvgIpc) is 2.83. The number of halogens is 3. The molecule has 0 spiro atoms. The number of aromatic nitrogens is 1. The van der Waals surface area contributed by atoms with E-state index in [4.69, 9.17) is 0 Å². The summed E-state index contributed by atoms with van der Waals surface area (Å²) in [6.07, 6.45) is 2.33. The minimum Gasteiger partial charge on any atom is -0.310 e. The minimum atomic E-state index is -4.33. The molecule has 2 nitrogen and oxygen atoms in total. The van der Waals surface area contributed by atoms with Gasteiger partial charge in [0, 0.05) is 24.0 Å². The largest absolute Gasteiger partial charge is 0.416 e. The summed E-state index contributed by atoms with van der Waals surface area (Å²) < 4.78 is 39.6. The van der Waals surface area contributed by atoms with Gasteiger partial charge in [-0.3, -0.25) is 4.98 Å². The molecule has 1 aliphatic carbocycles. The summed E-state index contributed by atoms with van der Waals surface area (Å²) in [4.78, 5) is 3.92. The first-order valence-corrected chi connectivity index (χ1v) is 7.13. The van der Waals surface area contributed by atoms with Crippen LogP contribution >= 0.6 is 0 Å². The molecule has 1 unspecified atom stereocenters. The normalized spacial score (nSPS) is 20.1.